The first-order valence-electron chi connectivity index (χ1n) is 5.47. The van der Waals surface area contributed by atoms with Crippen molar-refractivity contribution in [2.75, 3.05) is 6.61 Å². The van der Waals surface area contributed by atoms with Crippen LogP contribution in [0.5, 0.6) is 0 Å². The first-order chi connectivity index (χ1) is 6.18. The summed E-state index contributed by atoms with van der Waals surface area (Å²) in [4.78, 5) is 0. The molecular formula is C11H20O2. The van der Waals surface area contributed by atoms with Crippen LogP contribution in [0.1, 0.15) is 39.0 Å². The number of hydrogen-bond acceptors (Lipinski definition) is 2. The topological polar surface area (TPSA) is 40.5 Å². The molecule has 0 saturated heterocycles. The average molecular weight is 184 g/mol. The van der Waals surface area contributed by atoms with Gasteiger partial charge >= 0.3 is 0 Å². The smallest absolute Gasteiger partial charge is 0.0573 e. The van der Waals surface area contributed by atoms with Crippen LogP contribution in [0.3, 0.4) is 0 Å². The molecule has 0 aromatic heterocycles. The molecule has 76 valence electrons. The first-order valence-corrected chi connectivity index (χ1v) is 5.47. The van der Waals surface area contributed by atoms with Crippen molar-refractivity contribution in [3.05, 3.63) is 0 Å². The molecule has 2 N–H and O–H groups in total. The minimum Gasteiger partial charge on any atom is -0.396 e. The Morgan fingerprint density at radius 1 is 1.31 bits per heavy atom. The number of fused-ring (bicyclic) bond motifs is 1. The van der Waals surface area contributed by atoms with E-state index in [0.29, 0.717) is 18.4 Å². The molecule has 2 aliphatic rings. The summed E-state index contributed by atoms with van der Waals surface area (Å²) in [5.41, 5.74) is 0.229. The highest BCUT2D eigenvalue weighted by Gasteiger charge is 2.50. The molecule has 0 aromatic carbocycles. The molecular weight excluding hydrogens is 164 g/mol. The van der Waals surface area contributed by atoms with Gasteiger partial charge in [0.15, 0.2) is 0 Å². The zero-order chi connectivity index (χ0) is 9.47. The summed E-state index contributed by atoms with van der Waals surface area (Å²) in [6.07, 6.45) is 5.41. The van der Waals surface area contributed by atoms with Crippen LogP contribution in [0.15, 0.2) is 0 Å². The van der Waals surface area contributed by atoms with Gasteiger partial charge in [-0.1, -0.05) is 13.3 Å². The molecule has 0 spiro atoms. The third-order valence-corrected chi connectivity index (χ3v) is 4.51. The highest BCUT2D eigenvalue weighted by molar-refractivity contribution is 4.99. The lowest BCUT2D eigenvalue weighted by Crippen LogP contribution is -2.40. The molecule has 2 rings (SSSR count). The quantitative estimate of drug-likeness (QED) is 0.649. The number of hydrogen-bond donors (Lipinski definition) is 2. The normalized spacial score (nSPS) is 50.5. The molecule has 0 bridgehead atoms. The Kier molecular flexibility index (Phi) is 2.37. The van der Waals surface area contributed by atoms with Crippen LogP contribution in [0.4, 0.5) is 0 Å². The Balaban J connectivity index is 2.18. The van der Waals surface area contributed by atoms with E-state index < -0.39 is 0 Å². The second kappa shape index (κ2) is 3.25. The molecule has 13 heavy (non-hydrogen) atoms. The molecule has 2 fully saturated rings. The Morgan fingerprint density at radius 3 is 2.77 bits per heavy atom. The van der Waals surface area contributed by atoms with Gasteiger partial charge in [-0.05, 0) is 42.9 Å². The zero-order valence-electron chi connectivity index (χ0n) is 8.37. The number of rotatable bonds is 1. The predicted molar refractivity (Wildman–Crippen MR) is 51.3 cm³/mol. The Labute approximate surface area is 80.0 Å². The maximum absolute atomic E-state index is 9.88. The van der Waals surface area contributed by atoms with Gasteiger partial charge in [0, 0.05) is 6.61 Å². The lowest BCUT2D eigenvalue weighted by atomic mass is 9.64. The van der Waals surface area contributed by atoms with Crippen molar-refractivity contribution < 1.29 is 10.2 Å². The van der Waals surface area contributed by atoms with Crippen LogP contribution in [0, 0.1) is 17.3 Å². The van der Waals surface area contributed by atoms with E-state index in [1.54, 1.807) is 0 Å². The summed E-state index contributed by atoms with van der Waals surface area (Å²) in [5.74, 6) is 0.894. The van der Waals surface area contributed by atoms with Gasteiger partial charge in [-0.25, -0.2) is 0 Å². The van der Waals surface area contributed by atoms with Crippen LogP contribution in [0.25, 0.3) is 0 Å². The monoisotopic (exact) mass is 184 g/mol. The molecule has 0 amide bonds. The van der Waals surface area contributed by atoms with E-state index in [2.05, 4.69) is 6.92 Å². The predicted octanol–water partition coefficient (Wildman–Crippen LogP) is 1.56. The van der Waals surface area contributed by atoms with E-state index in [-0.39, 0.29) is 11.5 Å². The lowest BCUT2D eigenvalue weighted by molar-refractivity contribution is -0.0269. The van der Waals surface area contributed by atoms with Gasteiger partial charge in [0.25, 0.3) is 0 Å². The zero-order valence-corrected chi connectivity index (χ0v) is 8.37. The van der Waals surface area contributed by atoms with Gasteiger partial charge in [0.05, 0.1) is 6.10 Å². The molecule has 4 atom stereocenters. The van der Waals surface area contributed by atoms with E-state index in [9.17, 15) is 10.2 Å². The molecule has 2 aliphatic carbocycles. The molecule has 0 aliphatic heterocycles. The van der Waals surface area contributed by atoms with Crippen molar-refractivity contribution in [1.29, 1.82) is 0 Å². The Hall–Kier alpha value is -0.0800. The maximum atomic E-state index is 9.88. The minimum absolute atomic E-state index is 0.102. The Morgan fingerprint density at radius 2 is 2.08 bits per heavy atom. The molecule has 4 unspecified atom stereocenters. The van der Waals surface area contributed by atoms with Gasteiger partial charge in [-0.3, -0.25) is 0 Å². The summed E-state index contributed by atoms with van der Waals surface area (Å²) >= 11 is 0. The van der Waals surface area contributed by atoms with Gasteiger partial charge < -0.3 is 10.2 Å². The minimum atomic E-state index is -0.102. The summed E-state index contributed by atoms with van der Waals surface area (Å²) in [5, 5.41) is 19.2. The van der Waals surface area contributed by atoms with Crippen molar-refractivity contribution >= 4 is 0 Å². The number of aliphatic hydroxyl groups excluding tert-OH is 2. The van der Waals surface area contributed by atoms with Gasteiger partial charge in [-0.15, -0.1) is 0 Å². The SMILES string of the molecule is CC12CCCC(O)C1CCC2CO. The first kappa shape index (κ1) is 9.47. The van der Waals surface area contributed by atoms with Crippen LogP contribution in [-0.4, -0.2) is 22.9 Å². The average Bonchev–Trinajstić information content (AvgIpc) is 2.43. The van der Waals surface area contributed by atoms with Gasteiger partial charge in [0.1, 0.15) is 0 Å². The fraction of sp³-hybridized carbons (Fsp3) is 1.00. The van der Waals surface area contributed by atoms with Crippen molar-refractivity contribution in [2.45, 2.75) is 45.1 Å². The third kappa shape index (κ3) is 1.31. The second-order valence-corrected chi connectivity index (χ2v) is 5.03. The maximum Gasteiger partial charge on any atom is 0.0573 e. The Bertz CT molecular complexity index is 193. The van der Waals surface area contributed by atoms with Crippen molar-refractivity contribution in [3.8, 4) is 0 Å². The molecule has 0 radical (unpaired) electrons. The summed E-state index contributed by atoms with van der Waals surface area (Å²) < 4.78 is 0. The third-order valence-electron chi connectivity index (χ3n) is 4.51. The van der Waals surface area contributed by atoms with E-state index in [0.717, 1.165) is 25.7 Å². The van der Waals surface area contributed by atoms with E-state index >= 15 is 0 Å². The molecule has 2 nitrogen and oxygen atoms in total. The number of aliphatic hydroxyl groups is 2. The van der Waals surface area contributed by atoms with Crippen molar-refractivity contribution in [3.63, 3.8) is 0 Å². The van der Waals surface area contributed by atoms with E-state index in [1.807, 2.05) is 0 Å². The van der Waals surface area contributed by atoms with E-state index in [1.165, 1.54) is 6.42 Å². The largest absolute Gasteiger partial charge is 0.396 e. The van der Waals surface area contributed by atoms with Gasteiger partial charge in [-0.2, -0.15) is 0 Å². The molecule has 0 heterocycles. The fourth-order valence-electron chi connectivity index (χ4n) is 3.56. The summed E-state index contributed by atoms with van der Waals surface area (Å²) in [7, 11) is 0. The van der Waals surface area contributed by atoms with Crippen molar-refractivity contribution in [1.82, 2.24) is 0 Å². The highest BCUT2D eigenvalue weighted by Crippen LogP contribution is 2.55. The second-order valence-electron chi connectivity index (χ2n) is 5.03. The molecule has 0 aromatic rings. The molecule has 2 heteroatoms. The van der Waals surface area contributed by atoms with Crippen LogP contribution < -0.4 is 0 Å². The lowest BCUT2D eigenvalue weighted by Gasteiger charge is -2.42. The van der Waals surface area contributed by atoms with Crippen LogP contribution >= 0.6 is 0 Å². The standard InChI is InChI=1S/C11H20O2/c1-11-6-2-3-10(13)9(11)5-4-8(11)7-12/h8-10,12-13H,2-7H2,1H3. The van der Waals surface area contributed by atoms with E-state index in [4.69, 9.17) is 0 Å². The van der Waals surface area contributed by atoms with Gasteiger partial charge in [0.2, 0.25) is 0 Å². The van der Waals surface area contributed by atoms with Crippen LogP contribution in [0.2, 0.25) is 0 Å². The van der Waals surface area contributed by atoms with Crippen molar-refractivity contribution in [2.24, 2.45) is 17.3 Å². The summed E-state index contributed by atoms with van der Waals surface area (Å²) in [6, 6.07) is 0. The summed E-state index contributed by atoms with van der Waals surface area (Å²) in [6.45, 7) is 2.56. The highest BCUT2D eigenvalue weighted by atomic mass is 16.3. The fourth-order valence-corrected chi connectivity index (χ4v) is 3.56. The van der Waals surface area contributed by atoms with Crippen LogP contribution in [-0.2, 0) is 0 Å². The molecule has 2 saturated carbocycles.